The third kappa shape index (κ3) is 3.79. The van der Waals surface area contributed by atoms with Gasteiger partial charge < -0.3 is 14.6 Å². The van der Waals surface area contributed by atoms with Crippen LogP contribution in [0.5, 0.6) is 11.5 Å². The Balaban J connectivity index is 2.67. The summed E-state index contributed by atoms with van der Waals surface area (Å²) in [5, 5.41) is 10.3. The Kier molecular flexibility index (Phi) is 5.41. The van der Waals surface area contributed by atoms with Gasteiger partial charge in [0.15, 0.2) is 11.6 Å². The van der Waals surface area contributed by atoms with Crippen LogP contribution in [0.4, 0.5) is 0 Å². The summed E-state index contributed by atoms with van der Waals surface area (Å²) >= 11 is 0. The number of fused-ring (bicyclic) bond motifs is 1. The highest BCUT2D eigenvalue weighted by Crippen LogP contribution is 2.41. The van der Waals surface area contributed by atoms with Gasteiger partial charge in [0.1, 0.15) is 17.6 Å². The molecule has 25 heavy (non-hydrogen) atoms. The van der Waals surface area contributed by atoms with Crippen LogP contribution in [-0.2, 0) is 9.53 Å². The molecule has 1 N–H and O–H groups in total. The number of carbonyl (C=O) groups is 3. The highest BCUT2D eigenvalue weighted by molar-refractivity contribution is 6.24. The van der Waals surface area contributed by atoms with Gasteiger partial charge in [0, 0.05) is 18.9 Å². The van der Waals surface area contributed by atoms with Gasteiger partial charge in [0.05, 0.1) is 18.2 Å². The van der Waals surface area contributed by atoms with Gasteiger partial charge in [0.2, 0.25) is 0 Å². The van der Waals surface area contributed by atoms with Crippen molar-refractivity contribution in [3.05, 3.63) is 46.6 Å². The van der Waals surface area contributed by atoms with Gasteiger partial charge in [-0.3, -0.25) is 14.4 Å². The number of ketones is 2. The molecule has 0 fully saturated rings. The second-order valence-electron chi connectivity index (χ2n) is 5.95. The van der Waals surface area contributed by atoms with Crippen molar-refractivity contribution in [2.24, 2.45) is 0 Å². The minimum atomic E-state index is -0.757. The van der Waals surface area contributed by atoms with Crippen molar-refractivity contribution >= 4 is 17.5 Å². The molecule has 0 heterocycles. The Bertz CT molecular complexity index is 797. The summed E-state index contributed by atoms with van der Waals surface area (Å²) in [7, 11) is 1.36. The maximum atomic E-state index is 12.3. The number of aromatic hydroxyl groups is 1. The maximum absolute atomic E-state index is 12.3. The molecule has 0 amide bonds. The van der Waals surface area contributed by atoms with Crippen molar-refractivity contribution in [2.45, 2.75) is 33.3 Å². The van der Waals surface area contributed by atoms with E-state index in [0.717, 1.165) is 17.7 Å². The third-order valence-corrected chi connectivity index (χ3v) is 3.77. The molecule has 132 valence electrons. The van der Waals surface area contributed by atoms with Gasteiger partial charge in [-0.2, -0.15) is 0 Å². The van der Waals surface area contributed by atoms with E-state index in [9.17, 15) is 19.5 Å². The number of hydrogen-bond acceptors (Lipinski definition) is 6. The van der Waals surface area contributed by atoms with E-state index in [1.54, 1.807) is 0 Å². The van der Waals surface area contributed by atoms with Crippen LogP contribution in [0.25, 0.3) is 0 Å². The molecule has 1 aliphatic rings. The minimum absolute atomic E-state index is 0.0145. The van der Waals surface area contributed by atoms with Gasteiger partial charge >= 0.3 is 5.97 Å². The summed E-state index contributed by atoms with van der Waals surface area (Å²) in [5.41, 5.74) is 1.24. The van der Waals surface area contributed by atoms with E-state index in [0.29, 0.717) is 12.0 Å². The highest BCUT2D eigenvalue weighted by Gasteiger charge is 2.32. The SMILES string of the molecule is COc1c(C(CC=C(C)C)OC(C)=O)cc(O)c2c1C(=O)C=CC2=O. The summed E-state index contributed by atoms with van der Waals surface area (Å²) in [6.45, 7) is 5.08. The number of hydrogen-bond donors (Lipinski definition) is 1. The van der Waals surface area contributed by atoms with Crippen LogP contribution in [0.2, 0.25) is 0 Å². The van der Waals surface area contributed by atoms with Gasteiger partial charge in [-0.15, -0.1) is 0 Å². The molecule has 1 aromatic rings. The molecule has 0 saturated carbocycles. The number of benzene rings is 1. The van der Waals surface area contributed by atoms with E-state index in [1.165, 1.54) is 20.1 Å². The zero-order valence-corrected chi connectivity index (χ0v) is 14.6. The molecule has 0 aromatic heterocycles. The molecule has 2 rings (SSSR count). The van der Waals surface area contributed by atoms with Gasteiger partial charge in [-0.1, -0.05) is 11.6 Å². The third-order valence-electron chi connectivity index (χ3n) is 3.77. The monoisotopic (exact) mass is 344 g/mol. The van der Waals surface area contributed by atoms with E-state index in [4.69, 9.17) is 9.47 Å². The predicted molar refractivity (Wildman–Crippen MR) is 91.0 cm³/mol. The van der Waals surface area contributed by atoms with Crippen molar-refractivity contribution in [2.75, 3.05) is 7.11 Å². The second-order valence-corrected chi connectivity index (χ2v) is 5.95. The normalized spacial score (nSPS) is 13.9. The first-order valence-electron chi connectivity index (χ1n) is 7.77. The van der Waals surface area contributed by atoms with Crippen molar-refractivity contribution < 1.29 is 29.0 Å². The minimum Gasteiger partial charge on any atom is -0.507 e. The highest BCUT2D eigenvalue weighted by atomic mass is 16.5. The number of rotatable bonds is 5. The molecule has 1 aromatic carbocycles. The molecule has 1 atom stereocenters. The van der Waals surface area contributed by atoms with Crippen LogP contribution in [0.15, 0.2) is 29.9 Å². The van der Waals surface area contributed by atoms with E-state index < -0.39 is 23.6 Å². The van der Waals surface area contributed by atoms with Gasteiger partial charge in [0.25, 0.3) is 0 Å². The maximum Gasteiger partial charge on any atom is 0.303 e. The second kappa shape index (κ2) is 7.34. The van der Waals surface area contributed by atoms with Crippen molar-refractivity contribution in [1.29, 1.82) is 0 Å². The Morgan fingerprint density at radius 1 is 1.16 bits per heavy atom. The van der Waals surface area contributed by atoms with Crippen molar-refractivity contribution in [1.82, 2.24) is 0 Å². The van der Waals surface area contributed by atoms with E-state index in [-0.39, 0.29) is 22.6 Å². The van der Waals surface area contributed by atoms with Crippen LogP contribution < -0.4 is 4.74 Å². The lowest BCUT2D eigenvalue weighted by molar-refractivity contribution is -0.146. The lowest BCUT2D eigenvalue weighted by atomic mass is 9.88. The Hall–Kier alpha value is -2.89. The van der Waals surface area contributed by atoms with Crippen LogP contribution in [0.1, 0.15) is 59.6 Å². The molecular weight excluding hydrogens is 324 g/mol. The smallest absolute Gasteiger partial charge is 0.303 e. The van der Waals surface area contributed by atoms with Crippen LogP contribution in [-0.4, -0.2) is 29.8 Å². The van der Waals surface area contributed by atoms with Crippen LogP contribution >= 0.6 is 0 Å². The molecule has 0 spiro atoms. The van der Waals surface area contributed by atoms with Crippen LogP contribution in [0, 0.1) is 0 Å². The number of phenols is 1. The average Bonchev–Trinajstić information content (AvgIpc) is 2.53. The number of esters is 1. The standard InChI is InChI=1S/C19H20O6/c1-10(2)5-8-16(25-11(3)20)12-9-15(23)17-13(21)6-7-14(22)18(17)19(12)24-4/h5-7,9,16,23H,8H2,1-4H3. The topological polar surface area (TPSA) is 89.9 Å². The molecule has 0 aliphatic heterocycles. The first-order valence-corrected chi connectivity index (χ1v) is 7.77. The number of allylic oxidation sites excluding steroid dienone is 3. The van der Waals surface area contributed by atoms with Crippen molar-refractivity contribution in [3.8, 4) is 11.5 Å². The Morgan fingerprint density at radius 2 is 1.76 bits per heavy atom. The zero-order chi connectivity index (χ0) is 18.7. The molecule has 0 radical (unpaired) electrons. The molecule has 0 saturated heterocycles. The largest absolute Gasteiger partial charge is 0.507 e. The van der Waals surface area contributed by atoms with E-state index >= 15 is 0 Å². The number of ether oxygens (including phenoxy) is 2. The summed E-state index contributed by atoms with van der Waals surface area (Å²) in [5.74, 6) is -1.65. The Labute approximate surface area is 145 Å². The summed E-state index contributed by atoms with van der Waals surface area (Å²) < 4.78 is 10.7. The van der Waals surface area contributed by atoms with E-state index in [1.807, 2.05) is 19.9 Å². The van der Waals surface area contributed by atoms with Crippen molar-refractivity contribution in [3.63, 3.8) is 0 Å². The number of carbonyl (C=O) groups excluding carboxylic acids is 3. The molecule has 1 aliphatic carbocycles. The van der Waals surface area contributed by atoms with E-state index in [2.05, 4.69) is 0 Å². The zero-order valence-electron chi connectivity index (χ0n) is 14.6. The summed E-state index contributed by atoms with van der Waals surface area (Å²) in [6.07, 6.45) is 3.70. The fraction of sp³-hybridized carbons (Fsp3) is 0.316. The van der Waals surface area contributed by atoms with Crippen LogP contribution in [0.3, 0.4) is 0 Å². The molecule has 6 heteroatoms. The number of phenolic OH excluding ortho intramolecular Hbond substituents is 1. The lowest BCUT2D eigenvalue weighted by Gasteiger charge is -2.23. The fourth-order valence-corrected chi connectivity index (χ4v) is 2.71. The first kappa shape index (κ1) is 18.4. The quantitative estimate of drug-likeness (QED) is 0.651. The molecule has 0 bridgehead atoms. The average molecular weight is 344 g/mol. The summed E-state index contributed by atoms with van der Waals surface area (Å²) in [6, 6.07) is 1.31. The summed E-state index contributed by atoms with van der Waals surface area (Å²) in [4.78, 5) is 35.8. The molecule has 1 unspecified atom stereocenters. The first-order chi connectivity index (χ1) is 11.8. The Morgan fingerprint density at radius 3 is 2.28 bits per heavy atom. The molecular formula is C19H20O6. The number of methoxy groups -OCH3 is 1. The fourth-order valence-electron chi connectivity index (χ4n) is 2.71. The molecule has 6 nitrogen and oxygen atoms in total. The lowest BCUT2D eigenvalue weighted by Crippen LogP contribution is -2.17. The predicted octanol–water partition coefficient (Wildman–Crippen LogP) is 3.30. The van der Waals surface area contributed by atoms with Gasteiger partial charge in [-0.25, -0.2) is 0 Å². The van der Waals surface area contributed by atoms with Gasteiger partial charge in [-0.05, 0) is 32.1 Å².